The van der Waals surface area contributed by atoms with E-state index in [-0.39, 0.29) is 0 Å². The van der Waals surface area contributed by atoms with Crippen LogP contribution in [0.4, 0.5) is 0 Å². The van der Waals surface area contributed by atoms with Gasteiger partial charge < -0.3 is 19.1 Å². The Bertz CT molecular complexity index is 1030. The largest absolute Gasteiger partial charge is 0.497 e. The Hall–Kier alpha value is -2.22. The van der Waals surface area contributed by atoms with Gasteiger partial charge in [-0.1, -0.05) is 6.92 Å². The molecule has 0 spiro atoms. The number of benzene rings is 1. The van der Waals surface area contributed by atoms with Crippen molar-refractivity contribution in [3.8, 4) is 17.4 Å². The van der Waals surface area contributed by atoms with Gasteiger partial charge in [-0.2, -0.15) is 4.98 Å². The van der Waals surface area contributed by atoms with Crippen molar-refractivity contribution in [2.75, 3.05) is 33.4 Å². The first-order chi connectivity index (χ1) is 14.7. The molecule has 1 aromatic carbocycles. The number of morpholine rings is 1. The molecule has 7 heteroatoms. The molecule has 0 saturated carbocycles. The minimum Gasteiger partial charge on any atom is -0.497 e. The Morgan fingerprint density at radius 3 is 2.67 bits per heavy atom. The molecule has 2 aromatic heterocycles. The van der Waals surface area contributed by atoms with Gasteiger partial charge in [-0.05, 0) is 55.0 Å². The Balaban J connectivity index is 1.53. The summed E-state index contributed by atoms with van der Waals surface area (Å²) in [7, 11) is 1.67. The summed E-state index contributed by atoms with van der Waals surface area (Å²) in [5.41, 5.74) is 1.39. The van der Waals surface area contributed by atoms with Crippen LogP contribution in [0.1, 0.15) is 29.6 Å². The van der Waals surface area contributed by atoms with Crippen molar-refractivity contribution >= 4 is 21.6 Å². The van der Waals surface area contributed by atoms with Gasteiger partial charge in [-0.3, -0.25) is 0 Å². The lowest BCUT2D eigenvalue weighted by atomic mass is 9.89. The number of hydrogen-bond acceptors (Lipinski definition) is 6. The van der Waals surface area contributed by atoms with Crippen molar-refractivity contribution in [1.82, 2.24) is 9.97 Å². The number of thiophene rings is 1. The Morgan fingerprint density at radius 1 is 1.13 bits per heavy atom. The molecule has 0 radical (unpaired) electrons. The van der Waals surface area contributed by atoms with Gasteiger partial charge in [0, 0.05) is 4.88 Å². The molecule has 30 heavy (non-hydrogen) atoms. The number of ether oxygens (including phenoxy) is 3. The van der Waals surface area contributed by atoms with E-state index in [2.05, 4.69) is 6.92 Å². The summed E-state index contributed by atoms with van der Waals surface area (Å²) in [6.45, 7) is 6.73. The second kappa shape index (κ2) is 8.49. The fourth-order valence-corrected chi connectivity index (χ4v) is 5.71. The van der Waals surface area contributed by atoms with Crippen LogP contribution in [0.2, 0.25) is 0 Å². The zero-order valence-corrected chi connectivity index (χ0v) is 18.4. The van der Waals surface area contributed by atoms with Crippen molar-refractivity contribution in [2.45, 2.75) is 32.7 Å². The smallest absolute Gasteiger partial charge is 0.231 e. The number of quaternary nitrogens is 1. The van der Waals surface area contributed by atoms with Crippen LogP contribution in [-0.2, 0) is 24.1 Å². The summed E-state index contributed by atoms with van der Waals surface area (Å²) < 4.78 is 17.1. The second-order valence-electron chi connectivity index (χ2n) is 8.29. The van der Waals surface area contributed by atoms with Crippen molar-refractivity contribution in [2.24, 2.45) is 5.92 Å². The molecule has 6 nitrogen and oxygen atoms in total. The predicted octanol–water partition coefficient (Wildman–Crippen LogP) is 3.03. The van der Waals surface area contributed by atoms with Gasteiger partial charge in [-0.15, -0.1) is 11.3 Å². The zero-order valence-electron chi connectivity index (χ0n) is 17.6. The molecule has 1 aliphatic heterocycles. The van der Waals surface area contributed by atoms with E-state index < -0.39 is 0 Å². The third-order valence-electron chi connectivity index (χ3n) is 6.05. The average molecular weight is 427 g/mol. The second-order valence-corrected chi connectivity index (χ2v) is 9.38. The number of aryl methyl sites for hydroxylation is 1. The Morgan fingerprint density at radius 2 is 1.90 bits per heavy atom. The summed E-state index contributed by atoms with van der Waals surface area (Å²) in [6, 6.07) is 7.69. The fourth-order valence-electron chi connectivity index (χ4n) is 4.32. The Labute approximate surface area is 180 Å². The van der Waals surface area contributed by atoms with E-state index in [0.717, 1.165) is 79.1 Å². The third kappa shape index (κ3) is 4.02. The molecule has 3 heterocycles. The maximum absolute atomic E-state index is 6.34. The third-order valence-corrected chi connectivity index (χ3v) is 7.20. The summed E-state index contributed by atoms with van der Waals surface area (Å²) in [5.74, 6) is 3.86. The molecule has 0 bridgehead atoms. The lowest BCUT2D eigenvalue weighted by Gasteiger charge is -2.23. The quantitative estimate of drug-likeness (QED) is 0.680. The van der Waals surface area contributed by atoms with Gasteiger partial charge in [-0.25, -0.2) is 4.98 Å². The topological polar surface area (TPSA) is 57.9 Å². The Kier molecular flexibility index (Phi) is 5.58. The van der Waals surface area contributed by atoms with E-state index >= 15 is 0 Å². The number of rotatable bonds is 5. The van der Waals surface area contributed by atoms with Crippen LogP contribution in [-0.4, -0.2) is 43.4 Å². The molecular weight excluding hydrogens is 398 g/mol. The molecule has 3 aromatic rings. The molecule has 1 aliphatic carbocycles. The molecule has 158 valence electrons. The SMILES string of the molecule is COc1ccc(Oc2nc(C[NH+]3CCOCC3)nc3sc4c(c23)CC[C@H](C)C4)cc1. The zero-order chi connectivity index (χ0) is 20.5. The predicted molar refractivity (Wildman–Crippen MR) is 117 cm³/mol. The highest BCUT2D eigenvalue weighted by Gasteiger charge is 2.26. The van der Waals surface area contributed by atoms with Gasteiger partial charge in [0.15, 0.2) is 5.82 Å². The van der Waals surface area contributed by atoms with E-state index in [1.54, 1.807) is 7.11 Å². The van der Waals surface area contributed by atoms with Crippen molar-refractivity contribution in [3.05, 3.63) is 40.5 Å². The highest BCUT2D eigenvalue weighted by atomic mass is 32.1. The molecule has 5 rings (SSSR count). The summed E-state index contributed by atoms with van der Waals surface area (Å²) in [4.78, 5) is 13.9. The minimum atomic E-state index is 0.694. The van der Waals surface area contributed by atoms with E-state index in [9.17, 15) is 0 Å². The van der Waals surface area contributed by atoms with E-state index in [4.69, 9.17) is 24.2 Å². The highest BCUT2D eigenvalue weighted by Crippen LogP contribution is 2.41. The van der Waals surface area contributed by atoms with Crippen molar-refractivity contribution < 1.29 is 19.1 Å². The van der Waals surface area contributed by atoms with Crippen LogP contribution < -0.4 is 14.4 Å². The van der Waals surface area contributed by atoms with Crippen molar-refractivity contribution in [1.29, 1.82) is 0 Å². The molecule has 1 N–H and O–H groups in total. The van der Waals surface area contributed by atoms with Crippen LogP contribution in [0.15, 0.2) is 24.3 Å². The molecule has 1 atom stereocenters. The van der Waals surface area contributed by atoms with Gasteiger partial charge in [0.1, 0.15) is 36.0 Å². The number of fused-ring (bicyclic) bond motifs is 3. The van der Waals surface area contributed by atoms with Gasteiger partial charge in [0.2, 0.25) is 5.88 Å². The van der Waals surface area contributed by atoms with Crippen LogP contribution in [0.25, 0.3) is 10.2 Å². The molecular formula is C23H28N3O3S+. The van der Waals surface area contributed by atoms with Crippen LogP contribution in [0.5, 0.6) is 17.4 Å². The average Bonchev–Trinajstić information content (AvgIpc) is 3.12. The lowest BCUT2D eigenvalue weighted by molar-refractivity contribution is -0.922. The first kappa shape index (κ1) is 19.7. The fraction of sp³-hybridized carbons (Fsp3) is 0.478. The first-order valence-corrected chi connectivity index (χ1v) is 11.6. The maximum atomic E-state index is 6.34. The standard InChI is InChI=1S/C23H27N3O3S/c1-15-3-8-18-19(13-15)30-23-21(18)22(29-17-6-4-16(27-2)5-7-17)24-20(25-23)14-26-9-11-28-12-10-26/h4-7,15H,3,8-14H2,1-2H3/p+1/t15-/m0/s1. The lowest BCUT2D eigenvalue weighted by Crippen LogP contribution is -3.12. The number of nitrogens with one attached hydrogen (secondary N) is 1. The highest BCUT2D eigenvalue weighted by molar-refractivity contribution is 7.18. The molecule has 0 unspecified atom stereocenters. The normalized spacial score (nSPS) is 19.6. The van der Waals surface area contributed by atoms with Crippen LogP contribution in [0, 0.1) is 5.92 Å². The van der Waals surface area contributed by atoms with Crippen LogP contribution >= 0.6 is 11.3 Å². The first-order valence-electron chi connectivity index (χ1n) is 10.7. The van der Waals surface area contributed by atoms with Crippen molar-refractivity contribution in [3.63, 3.8) is 0 Å². The molecule has 0 amide bonds. The summed E-state index contributed by atoms with van der Waals surface area (Å²) in [6.07, 6.45) is 3.41. The van der Waals surface area contributed by atoms with Crippen LogP contribution in [0.3, 0.4) is 0 Å². The number of aromatic nitrogens is 2. The van der Waals surface area contributed by atoms with Gasteiger partial charge in [0.25, 0.3) is 0 Å². The number of methoxy groups -OCH3 is 1. The van der Waals surface area contributed by atoms with E-state index in [0.29, 0.717) is 5.88 Å². The molecule has 1 fully saturated rings. The van der Waals surface area contributed by atoms with E-state index in [1.165, 1.54) is 21.8 Å². The van der Waals surface area contributed by atoms with Gasteiger partial charge >= 0.3 is 0 Å². The maximum Gasteiger partial charge on any atom is 0.231 e. The van der Waals surface area contributed by atoms with E-state index in [1.807, 2.05) is 35.6 Å². The molecule has 1 saturated heterocycles. The number of hydrogen-bond donors (Lipinski definition) is 1. The summed E-state index contributed by atoms with van der Waals surface area (Å²) >= 11 is 1.83. The number of nitrogens with zero attached hydrogens (tertiary/aromatic N) is 2. The monoisotopic (exact) mass is 426 g/mol. The van der Waals surface area contributed by atoms with Gasteiger partial charge in [0.05, 0.1) is 25.7 Å². The molecule has 2 aliphatic rings. The minimum absolute atomic E-state index is 0.694. The summed E-state index contributed by atoms with van der Waals surface area (Å²) in [5, 5.41) is 1.11.